The lowest BCUT2D eigenvalue weighted by Crippen LogP contribution is -2.36. The molecule has 0 rings (SSSR count). The van der Waals surface area contributed by atoms with Crippen LogP contribution >= 0.6 is 0 Å². The average Bonchev–Trinajstić information content (AvgIpc) is 1.98. The first-order chi connectivity index (χ1) is 5.11. The minimum atomic E-state index is -1.22. The number of esters is 1. The van der Waals surface area contributed by atoms with E-state index in [4.69, 9.17) is 15.3 Å². The maximum Gasteiger partial charge on any atom is 0.303 e. The minimum absolute atomic E-state index is 0.499. The Bertz CT molecular complexity index is 124. The van der Waals surface area contributed by atoms with Gasteiger partial charge in [-0.15, -0.1) is 0 Å². The summed E-state index contributed by atoms with van der Waals surface area (Å²) in [7, 11) is 0. The second-order valence-electron chi connectivity index (χ2n) is 2.08. The fraction of sp³-hybridized carbons (Fsp3) is 0.833. The number of aliphatic hydroxyl groups excluding tert-OH is 3. The third kappa shape index (κ3) is 3.92. The molecule has 0 aliphatic rings. The van der Waals surface area contributed by atoms with Crippen LogP contribution in [0.2, 0.25) is 0 Å². The van der Waals surface area contributed by atoms with Crippen LogP contribution < -0.4 is 0 Å². The zero-order chi connectivity index (χ0) is 8.85. The van der Waals surface area contributed by atoms with Crippen LogP contribution in [0.15, 0.2) is 0 Å². The molecule has 0 spiro atoms. The number of hydrogen-bond donors (Lipinski definition) is 3. The molecule has 0 aromatic carbocycles. The lowest BCUT2D eigenvalue weighted by atomic mass is 10.2. The van der Waals surface area contributed by atoms with Crippen LogP contribution in [-0.4, -0.2) is 46.7 Å². The first-order valence-electron chi connectivity index (χ1n) is 3.18. The van der Waals surface area contributed by atoms with E-state index in [0.29, 0.717) is 0 Å². The summed E-state index contributed by atoms with van der Waals surface area (Å²) >= 11 is 0. The lowest BCUT2D eigenvalue weighted by molar-refractivity contribution is -0.157. The Kier molecular flexibility index (Phi) is 4.76. The number of carbonyl (C=O) groups is 1. The fourth-order valence-corrected chi connectivity index (χ4v) is 0.568. The monoisotopic (exact) mass is 164 g/mol. The molecule has 0 aromatic heterocycles. The Morgan fingerprint density at radius 1 is 1.45 bits per heavy atom. The largest absolute Gasteiger partial charge is 0.457 e. The molecule has 0 aromatic rings. The van der Waals surface area contributed by atoms with Crippen molar-refractivity contribution in [2.45, 2.75) is 19.1 Å². The number of ether oxygens (including phenoxy) is 1. The Hall–Kier alpha value is -0.650. The van der Waals surface area contributed by atoms with Crippen molar-refractivity contribution in [2.75, 3.05) is 13.2 Å². The highest BCUT2D eigenvalue weighted by Gasteiger charge is 2.19. The third-order valence-corrected chi connectivity index (χ3v) is 1.11. The van der Waals surface area contributed by atoms with Crippen molar-refractivity contribution < 1.29 is 24.9 Å². The second kappa shape index (κ2) is 5.06. The second-order valence-corrected chi connectivity index (χ2v) is 2.08. The van der Waals surface area contributed by atoms with Crippen molar-refractivity contribution in [3.8, 4) is 0 Å². The maximum absolute atomic E-state index is 10.3. The van der Waals surface area contributed by atoms with Gasteiger partial charge < -0.3 is 20.1 Å². The first kappa shape index (κ1) is 10.3. The van der Waals surface area contributed by atoms with Crippen LogP contribution in [0, 0.1) is 0 Å². The van der Waals surface area contributed by atoms with Crippen LogP contribution in [0.25, 0.3) is 0 Å². The summed E-state index contributed by atoms with van der Waals surface area (Å²) in [5.41, 5.74) is 0. The van der Waals surface area contributed by atoms with Crippen molar-refractivity contribution in [3.05, 3.63) is 0 Å². The predicted molar refractivity (Wildman–Crippen MR) is 35.7 cm³/mol. The molecule has 3 N–H and O–H groups in total. The van der Waals surface area contributed by atoms with Gasteiger partial charge in [0.25, 0.3) is 0 Å². The Morgan fingerprint density at radius 2 is 2.00 bits per heavy atom. The van der Waals surface area contributed by atoms with Gasteiger partial charge in [0, 0.05) is 6.92 Å². The van der Waals surface area contributed by atoms with Crippen molar-refractivity contribution in [3.63, 3.8) is 0 Å². The van der Waals surface area contributed by atoms with Crippen molar-refractivity contribution in [1.82, 2.24) is 0 Å². The Morgan fingerprint density at radius 3 is 2.27 bits per heavy atom. The van der Waals surface area contributed by atoms with E-state index in [2.05, 4.69) is 4.74 Å². The zero-order valence-corrected chi connectivity index (χ0v) is 6.23. The molecular weight excluding hydrogens is 152 g/mol. The minimum Gasteiger partial charge on any atom is -0.457 e. The van der Waals surface area contributed by atoms with E-state index >= 15 is 0 Å². The lowest BCUT2D eigenvalue weighted by Gasteiger charge is -2.18. The quantitative estimate of drug-likeness (QED) is 0.429. The molecule has 5 nitrogen and oxygen atoms in total. The van der Waals surface area contributed by atoms with Crippen LogP contribution in [-0.2, 0) is 9.53 Å². The van der Waals surface area contributed by atoms with E-state index in [1.807, 2.05) is 0 Å². The van der Waals surface area contributed by atoms with Gasteiger partial charge in [0.05, 0.1) is 13.2 Å². The molecule has 5 heteroatoms. The highest BCUT2D eigenvalue weighted by Crippen LogP contribution is 1.98. The topological polar surface area (TPSA) is 87.0 Å². The van der Waals surface area contributed by atoms with Gasteiger partial charge in [-0.2, -0.15) is 0 Å². The molecule has 0 radical (unpaired) electrons. The highest BCUT2D eigenvalue weighted by atomic mass is 16.6. The van der Waals surface area contributed by atoms with E-state index in [-0.39, 0.29) is 0 Å². The summed E-state index contributed by atoms with van der Waals surface area (Å²) in [4.78, 5) is 10.3. The summed E-state index contributed by atoms with van der Waals surface area (Å²) in [6, 6.07) is 0. The third-order valence-electron chi connectivity index (χ3n) is 1.11. The van der Waals surface area contributed by atoms with Gasteiger partial charge in [0.1, 0.15) is 6.10 Å². The molecule has 66 valence electrons. The molecule has 2 unspecified atom stereocenters. The highest BCUT2D eigenvalue weighted by molar-refractivity contribution is 5.66. The molecule has 0 aliphatic heterocycles. The number of aliphatic hydroxyl groups is 3. The molecule has 0 bridgehead atoms. The van der Waals surface area contributed by atoms with E-state index in [1.54, 1.807) is 0 Å². The van der Waals surface area contributed by atoms with Crippen LogP contribution in [0.1, 0.15) is 6.92 Å². The molecule has 0 saturated heterocycles. The number of rotatable bonds is 4. The van der Waals surface area contributed by atoms with Crippen molar-refractivity contribution in [1.29, 1.82) is 0 Å². The van der Waals surface area contributed by atoms with Gasteiger partial charge in [-0.05, 0) is 0 Å². The Balaban J connectivity index is 3.84. The van der Waals surface area contributed by atoms with Gasteiger partial charge >= 0.3 is 5.97 Å². The van der Waals surface area contributed by atoms with Crippen LogP contribution in [0.5, 0.6) is 0 Å². The molecule has 11 heavy (non-hydrogen) atoms. The number of carbonyl (C=O) groups excluding carboxylic acids is 1. The summed E-state index contributed by atoms with van der Waals surface area (Å²) in [6.45, 7) is 0.118. The van der Waals surface area contributed by atoms with E-state index in [0.717, 1.165) is 6.92 Å². The van der Waals surface area contributed by atoms with Gasteiger partial charge in [-0.3, -0.25) is 4.79 Å². The van der Waals surface area contributed by atoms with Crippen molar-refractivity contribution >= 4 is 5.97 Å². The summed E-state index contributed by atoms with van der Waals surface area (Å²) in [5.74, 6) is -0.600. The predicted octanol–water partition coefficient (Wildman–Crippen LogP) is -1.74. The molecule has 0 amide bonds. The number of hydrogen-bond acceptors (Lipinski definition) is 5. The fourth-order valence-electron chi connectivity index (χ4n) is 0.568. The summed E-state index contributed by atoms with van der Waals surface area (Å²) in [6.07, 6.45) is -2.25. The standard InChI is InChI=1S/C6H12O5/c1-4(9)11-6(3-8)5(10)2-7/h5-8,10H,2-3H2,1H3. The van der Waals surface area contributed by atoms with Crippen LogP contribution in [0.3, 0.4) is 0 Å². The normalized spacial score (nSPS) is 15.6. The van der Waals surface area contributed by atoms with Gasteiger partial charge in [-0.1, -0.05) is 0 Å². The first-order valence-corrected chi connectivity index (χ1v) is 3.18. The van der Waals surface area contributed by atoms with Gasteiger partial charge in [0.2, 0.25) is 0 Å². The van der Waals surface area contributed by atoms with Crippen molar-refractivity contribution in [2.24, 2.45) is 0 Å². The summed E-state index contributed by atoms with van der Waals surface area (Å²) in [5, 5.41) is 25.8. The van der Waals surface area contributed by atoms with Crippen LogP contribution in [0.4, 0.5) is 0 Å². The molecule has 0 aliphatic carbocycles. The average molecular weight is 164 g/mol. The molecule has 0 fully saturated rings. The smallest absolute Gasteiger partial charge is 0.303 e. The van der Waals surface area contributed by atoms with E-state index < -0.39 is 31.4 Å². The van der Waals surface area contributed by atoms with Gasteiger partial charge in [-0.25, -0.2) is 0 Å². The maximum atomic E-state index is 10.3. The van der Waals surface area contributed by atoms with E-state index in [9.17, 15) is 4.79 Å². The molecule has 2 atom stereocenters. The van der Waals surface area contributed by atoms with Gasteiger partial charge in [0.15, 0.2) is 6.10 Å². The molecule has 0 saturated carbocycles. The SMILES string of the molecule is CC(=O)OC(CO)C(O)CO. The van der Waals surface area contributed by atoms with E-state index in [1.165, 1.54) is 0 Å². The zero-order valence-electron chi connectivity index (χ0n) is 6.23. The summed E-state index contributed by atoms with van der Waals surface area (Å²) < 4.78 is 4.45. The molecule has 0 heterocycles. The molecular formula is C6H12O5. The Labute approximate surface area is 64.2 Å².